The van der Waals surface area contributed by atoms with Crippen molar-refractivity contribution in [2.45, 2.75) is 0 Å². The first kappa shape index (κ1) is 7.80. The van der Waals surface area contributed by atoms with Crippen molar-refractivity contribution < 1.29 is 5.11 Å². The number of rotatable bonds is 1. The predicted octanol–water partition coefficient (Wildman–Crippen LogP) is 2.54. The largest absolute Gasteiger partial charge is 0.507 e. The van der Waals surface area contributed by atoms with Crippen molar-refractivity contribution in [3.05, 3.63) is 42.0 Å². The molecule has 0 atom stereocenters. The molecule has 0 amide bonds. The molecule has 2 aromatic carbocycles. The second-order valence-electron chi connectivity index (χ2n) is 2.87. The summed E-state index contributed by atoms with van der Waals surface area (Å²) in [6, 6.07) is 11.2. The zero-order valence-corrected chi connectivity index (χ0v) is 6.99. The van der Waals surface area contributed by atoms with E-state index in [2.05, 4.69) is 0 Å². The Kier molecular flexibility index (Phi) is 1.74. The van der Waals surface area contributed by atoms with E-state index in [1.165, 1.54) is 0 Å². The molecule has 0 aliphatic heterocycles. The Morgan fingerprint density at radius 3 is 2.62 bits per heavy atom. The topological polar surface area (TPSA) is 44.1 Å². The molecule has 13 heavy (non-hydrogen) atoms. The quantitative estimate of drug-likeness (QED) is 0.636. The van der Waals surface area contributed by atoms with E-state index in [1.54, 1.807) is 6.07 Å². The third-order valence-electron chi connectivity index (χ3n) is 2.09. The van der Waals surface area contributed by atoms with E-state index in [9.17, 15) is 5.11 Å². The van der Waals surface area contributed by atoms with Gasteiger partial charge in [-0.05, 0) is 11.5 Å². The molecular weight excluding hydrogens is 162 g/mol. The van der Waals surface area contributed by atoms with Crippen LogP contribution in [0.4, 0.5) is 0 Å². The van der Waals surface area contributed by atoms with Crippen LogP contribution in [0.3, 0.4) is 0 Å². The minimum absolute atomic E-state index is 0.188. The molecule has 0 radical (unpaired) electrons. The van der Waals surface area contributed by atoms with Gasteiger partial charge in [-0.25, -0.2) is 0 Å². The highest BCUT2D eigenvalue weighted by Gasteiger charge is 2.02. The lowest BCUT2D eigenvalue weighted by molar-refractivity contribution is 0.481. The van der Waals surface area contributed by atoms with Crippen LogP contribution in [-0.4, -0.2) is 11.3 Å². The van der Waals surface area contributed by atoms with Crippen molar-refractivity contribution in [3.8, 4) is 5.75 Å². The first-order valence-electron chi connectivity index (χ1n) is 4.04. The van der Waals surface area contributed by atoms with Gasteiger partial charge in [0.25, 0.3) is 0 Å². The monoisotopic (exact) mass is 171 g/mol. The molecule has 0 heterocycles. The SMILES string of the molecule is N=Cc1ccc2ccccc2c1O. The van der Waals surface area contributed by atoms with Crippen LogP contribution in [0.15, 0.2) is 36.4 Å². The highest BCUT2D eigenvalue weighted by molar-refractivity contribution is 5.96. The van der Waals surface area contributed by atoms with Crippen LogP contribution in [0.5, 0.6) is 5.75 Å². The maximum absolute atomic E-state index is 9.70. The van der Waals surface area contributed by atoms with Crippen molar-refractivity contribution in [3.63, 3.8) is 0 Å². The van der Waals surface area contributed by atoms with Crippen LogP contribution in [0.2, 0.25) is 0 Å². The number of aromatic hydroxyl groups is 1. The molecule has 2 heteroatoms. The summed E-state index contributed by atoms with van der Waals surface area (Å²) in [4.78, 5) is 0. The third-order valence-corrected chi connectivity index (χ3v) is 2.09. The first-order chi connectivity index (χ1) is 6.33. The molecule has 0 bridgehead atoms. The Morgan fingerprint density at radius 1 is 1.08 bits per heavy atom. The number of benzene rings is 2. The fourth-order valence-electron chi connectivity index (χ4n) is 1.39. The van der Waals surface area contributed by atoms with Crippen LogP contribution in [0.1, 0.15) is 5.56 Å². The van der Waals surface area contributed by atoms with Gasteiger partial charge in [0, 0.05) is 17.2 Å². The van der Waals surface area contributed by atoms with E-state index in [4.69, 9.17) is 5.41 Å². The summed E-state index contributed by atoms with van der Waals surface area (Å²) in [5.41, 5.74) is 0.554. The van der Waals surface area contributed by atoms with Crippen molar-refractivity contribution >= 4 is 17.0 Å². The zero-order chi connectivity index (χ0) is 9.26. The van der Waals surface area contributed by atoms with Crippen molar-refractivity contribution in [1.82, 2.24) is 0 Å². The van der Waals surface area contributed by atoms with Gasteiger partial charge in [0.2, 0.25) is 0 Å². The van der Waals surface area contributed by atoms with Gasteiger partial charge in [-0.2, -0.15) is 0 Å². The van der Waals surface area contributed by atoms with E-state index in [1.807, 2.05) is 30.3 Å². The van der Waals surface area contributed by atoms with Crippen LogP contribution in [0, 0.1) is 5.41 Å². The minimum Gasteiger partial charge on any atom is -0.507 e. The number of phenols is 1. The summed E-state index contributed by atoms with van der Waals surface area (Å²) in [6.07, 6.45) is 1.15. The van der Waals surface area contributed by atoms with Crippen molar-refractivity contribution in [1.29, 1.82) is 5.41 Å². The Morgan fingerprint density at radius 2 is 1.85 bits per heavy atom. The fraction of sp³-hybridized carbons (Fsp3) is 0. The number of phenolic OH excluding ortho intramolecular Hbond substituents is 1. The molecule has 2 N–H and O–H groups in total. The average molecular weight is 171 g/mol. The van der Waals surface area contributed by atoms with Gasteiger partial charge in [0.1, 0.15) is 5.75 Å². The van der Waals surface area contributed by atoms with Gasteiger partial charge < -0.3 is 10.5 Å². The Hall–Kier alpha value is -1.83. The maximum atomic E-state index is 9.70. The highest BCUT2D eigenvalue weighted by Crippen LogP contribution is 2.26. The lowest BCUT2D eigenvalue weighted by atomic mass is 10.1. The molecule has 0 aromatic heterocycles. The lowest BCUT2D eigenvalue weighted by Crippen LogP contribution is -1.82. The summed E-state index contributed by atoms with van der Waals surface area (Å²) < 4.78 is 0. The molecule has 0 unspecified atom stereocenters. The molecular formula is C11H9NO. The average Bonchev–Trinajstić information content (AvgIpc) is 2.19. The van der Waals surface area contributed by atoms with Gasteiger partial charge in [-0.1, -0.05) is 30.3 Å². The molecule has 0 saturated carbocycles. The summed E-state index contributed by atoms with van der Waals surface area (Å²) in [5.74, 6) is 0.188. The van der Waals surface area contributed by atoms with E-state index < -0.39 is 0 Å². The highest BCUT2D eigenvalue weighted by atomic mass is 16.3. The van der Waals surface area contributed by atoms with Gasteiger partial charge >= 0.3 is 0 Å². The Balaban J connectivity index is 2.86. The fourth-order valence-corrected chi connectivity index (χ4v) is 1.39. The zero-order valence-electron chi connectivity index (χ0n) is 6.99. The van der Waals surface area contributed by atoms with Crippen LogP contribution < -0.4 is 0 Å². The molecule has 0 spiro atoms. The number of hydrogen-bond donors (Lipinski definition) is 2. The van der Waals surface area contributed by atoms with Gasteiger partial charge in [-0.15, -0.1) is 0 Å². The molecule has 0 aliphatic carbocycles. The first-order valence-corrected chi connectivity index (χ1v) is 4.04. The second kappa shape index (κ2) is 2.90. The minimum atomic E-state index is 0.188. The lowest BCUT2D eigenvalue weighted by Gasteiger charge is -2.02. The third kappa shape index (κ3) is 1.16. The Bertz CT molecular complexity index is 463. The van der Waals surface area contributed by atoms with E-state index in [0.717, 1.165) is 17.0 Å². The summed E-state index contributed by atoms with van der Waals surface area (Å²) >= 11 is 0. The normalized spacial score (nSPS) is 10.2. The summed E-state index contributed by atoms with van der Waals surface area (Å²) in [7, 11) is 0. The predicted molar refractivity (Wildman–Crippen MR) is 53.5 cm³/mol. The standard InChI is InChI=1S/C11H9NO/c12-7-9-6-5-8-3-1-2-4-10(8)11(9)13/h1-7,12-13H. The van der Waals surface area contributed by atoms with Gasteiger partial charge in [-0.3, -0.25) is 0 Å². The van der Waals surface area contributed by atoms with E-state index in [-0.39, 0.29) is 5.75 Å². The van der Waals surface area contributed by atoms with Crippen molar-refractivity contribution in [2.75, 3.05) is 0 Å². The second-order valence-corrected chi connectivity index (χ2v) is 2.87. The molecule has 2 rings (SSSR count). The molecule has 64 valence electrons. The van der Waals surface area contributed by atoms with Crippen LogP contribution in [-0.2, 0) is 0 Å². The number of fused-ring (bicyclic) bond motifs is 1. The van der Waals surface area contributed by atoms with Crippen molar-refractivity contribution in [2.24, 2.45) is 0 Å². The van der Waals surface area contributed by atoms with E-state index in [0.29, 0.717) is 5.56 Å². The molecule has 0 saturated heterocycles. The molecule has 2 nitrogen and oxygen atoms in total. The molecule has 0 aliphatic rings. The molecule has 2 aromatic rings. The summed E-state index contributed by atoms with van der Waals surface area (Å²) in [5, 5.41) is 18.6. The number of hydrogen-bond acceptors (Lipinski definition) is 2. The maximum Gasteiger partial charge on any atom is 0.132 e. The molecule has 0 fully saturated rings. The van der Waals surface area contributed by atoms with Crippen LogP contribution >= 0.6 is 0 Å². The van der Waals surface area contributed by atoms with Crippen LogP contribution in [0.25, 0.3) is 10.8 Å². The smallest absolute Gasteiger partial charge is 0.132 e. The van der Waals surface area contributed by atoms with Gasteiger partial charge in [0.15, 0.2) is 0 Å². The Labute approximate surface area is 76.0 Å². The summed E-state index contributed by atoms with van der Waals surface area (Å²) in [6.45, 7) is 0. The number of nitrogens with one attached hydrogen (secondary N) is 1. The van der Waals surface area contributed by atoms with Gasteiger partial charge in [0.05, 0.1) is 0 Å². The van der Waals surface area contributed by atoms with E-state index >= 15 is 0 Å².